The first kappa shape index (κ1) is 15.0. The Hall–Kier alpha value is -0.390. The van der Waals surface area contributed by atoms with E-state index in [4.69, 9.17) is 5.84 Å². The van der Waals surface area contributed by atoms with E-state index < -0.39 is 0 Å². The summed E-state index contributed by atoms with van der Waals surface area (Å²) in [6.45, 7) is 5.47. The molecule has 1 saturated carbocycles. The van der Waals surface area contributed by atoms with Crippen LogP contribution in [0.1, 0.15) is 57.7 Å². The van der Waals surface area contributed by atoms with Gasteiger partial charge in [0.25, 0.3) is 0 Å². The molecule has 108 valence electrons. The molecule has 1 aromatic heterocycles. The highest BCUT2D eigenvalue weighted by atomic mass is 79.9. The van der Waals surface area contributed by atoms with Crippen molar-refractivity contribution in [3.8, 4) is 0 Å². The monoisotopic (exact) mass is 328 g/mol. The molecule has 0 radical (unpaired) electrons. The Balaban J connectivity index is 2.19. The number of nitrogens with two attached hydrogens (primary N) is 1. The molecule has 0 aromatic carbocycles. The van der Waals surface area contributed by atoms with Crippen molar-refractivity contribution < 1.29 is 0 Å². The van der Waals surface area contributed by atoms with Gasteiger partial charge in [-0.2, -0.15) is 5.10 Å². The minimum atomic E-state index is 0.205. The van der Waals surface area contributed by atoms with Gasteiger partial charge in [0.15, 0.2) is 0 Å². The number of aryl methyl sites for hydroxylation is 1. The van der Waals surface area contributed by atoms with Crippen LogP contribution in [0, 0.1) is 11.8 Å². The smallest absolute Gasteiger partial charge is 0.0712 e. The highest BCUT2D eigenvalue weighted by Crippen LogP contribution is 2.38. The van der Waals surface area contributed by atoms with Gasteiger partial charge in [-0.05, 0) is 47.0 Å². The van der Waals surface area contributed by atoms with Gasteiger partial charge in [-0.15, -0.1) is 0 Å². The van der Waals surface area contributed by atoms with Crippen molar-refractivity contribution in [1.82, 2.24) is 15.2 Å². The van der Waals surface area contributed by atoms with Crippen molar-refractivity contribution in [2.45, 2.75) is 58.5 Å². The Morgan fingerprint density at radius 3 is 2.74 bits per heavy atom. The van der Waals surface area contributed by atoms with Crippen molar-refractivity contribution in [3.63, 3.8) is 0 Å². The number of hydrazine groups is 1. The van der Waals surface area contributed by atoms with Crippen molar-refractivity contribution >= 4 is 15.9 Å². The molecule has 1 unspecified atom stereocenters. The summed E-state index contributed by atoms with van der Waals surface area (Å²) < 4.78 is 3.16. The topological polar surface area (TPSA) is 55.9 Å². The van der Waals surface area contributed by atoms with E-state index in [0.717, 1.165) is 23.4 Å². The molecule has 5 heteroatoms. The Morgan fingerprint density at radius 1 is 1.47 bits per heavy atom. The van der Waals surface area contributed by atoms with Crippen LogP contribution in [-0.4, -0.2) is 9.78 Å². The lowest BCUT2D eigenvalue weighted by Gasteiger charge is -2.32. The minimum Gasteiger partial charge on any atom is -0.271 e. The zero-order chi connectivity index (χ0) is 13.8. The Morgan fingerprint density at radius 2 is 2.16 bits per heavy atom. The normalized spacial score (nSPS) is 25.5. The maximum absolute atomic E-state index is 5.85. The van der Waals surface area contributed by atoms with Gasteiger partial charge < -0.3 is 0 Å². The molecule has 0 aliphatic heterocycles. The van der Waals surface area contributed by atoms with Crippen LogP contribution >= 0.6 is 15.9 Å². The lowest BCUT2D eigenvalue weighted by atomic mass is 9.78. The molecule has 4 nitrogen and oxygen atoms in total. The molecule has 19 heavy (non-hydrogen) atoms. The van der Waals surface area contributed by atoms with E-state index >= 15 is 0 Å². The largest absolute Gasteiger partial charge is 0.271 e. The van der Waals surface area contributed by atoms with Crippen molar-refractivity contribution in [2.75, 3.05) is 0 Å². The van der Waals surface area contributed by atoms with Gasteiger partial charge >= 0.3 is 0 Å². The molecule has 1 atom stereocenters. The van der Waals surface area contributed by atoms with E-state index in [9.17, 15) is 0 Å². The molecule has 1 aliphatic rings. The molecule has 2 rings (SSSR count). The predicted molar refractivity (Wildman–Crippen MR) is 81.4 cm³/mol. The zero-order valence-corrected chi connectivity index (χ0v) is 13.5. The molecule has 0 bridgehead atoms. The second kappa shape index (κ2) is 6.86. The molecular formula is C14H25BrN4. The van der Waals surface area contributed by atoms with E-state index in [2.05, 4.69) is 45.0 Å². The lowest BCUT2D eigenvalue weighted by molar-refractivity contribution is 0.224. The number of nitrogens with one attached hydrogen (secondary N) is 1. The maximum Gasteiger partial charge on any atom is 0.0712 e. The quantitative estimate of drug-likeness (QED) is 0.643. The average Bonchev–Trinajstić information content (AvgIpc) is 2.76. The van der Waals surface area contributed by atoms with E-state index in [1.165, 1.54) is 31.4 Å². The summed E-state index contributed by atoms with van der Waals surface area (Å²) in [4.78, 5) is 0. The van der Waals surface area contributed by atoms with Gasteiger partial charge in [-0.3, -0.25) is 16.0 Å². The molecule has 0 saturated heterocycles. The summed E-state index contributed by atoms with van der Waals surface area (Å²) >= 11 is 3.63. The number of nitrogens with zero attached hydrogens (tertiary/aromatic N) is 2. The highest BCUT2D eigenvalue weighted by Gasteiger charge is 2.30. The molecule has 1 fully saturated rings. The van der Waals surface area contributed by atoms with Crippen molar-refractivity contribution in [2.24, 2.45) is 17.7 Å². The molecule has 0 spiro atoms. The fourth-order valence-corrected chi connectivity index (χ4v) is 3.67. The van der Waals surface area contributed by atoms with Crippen LogP contribution in [0.25, 0.3) is 0 Å². The molecular weight excluding hydrogens is 304 g/mol. The number of aromatic nitrogens is 2. The Bertz CT molecular complexity index is 396. The zero-order valence-electron chi connectivity index (χ0n) is 11.9. The first-order valence-corrected chi connectivity index (χ1v) is 8.14. The predicted octanol–water partition coefficient (Wildman–Crippen LogP) is 3.39. The standard InChI is InChI=1S/C14H25BrN4/c1-3-8-19-14(12(15)9-17-19)13(18-16)11-6-4-10(2)5-7-11/h9-11,13,18H,3-8,16H2,1-2H3. The van der Waals surface area contributed by atoms with Gasteiger partial charge in [-0.1, -0.05) is 26.7 Å². The van der Waals surface area contributed by atoms with Crippen LogP contribution < -0.4 is 11.3 Å². The number of hydrogen-bond donors (Lipinski definition) is 2. The first-order valence-electron chi connectivity index (χ1n) is 7.34. The molecule has 1 aliphatic carbocycles. The van der Waals surface area contributed by atoms with Gasteiger partial charge in [0, 0.05) is 6.54 Å². The highest BCUT2D eigenvalue weighted by molar-refractivity contribution is 9.10. The number of hydrogen-bond acceptors (Lipinski definition) is 3. The summed E-state index contributed by atoms with van der Waals surface area (Å²) in [6, 6.07) is 0.205. The average molecular weight is 329 g/mol. The van der Waals surface area contributed by atoms with Crippen LogP contribution in [-0.2, 0) is 6.54 Å². The second-order valence-corrected chi connectivity index (χ2v) is 6.62. The van der Waals surface area contributed by atoms with E-state index in [1.54, 1.807) is 0 Å². The summed E-state index contributed by atoms with van der Waals surface area (Å²) in [6.07, 6.45) is 8.09. The van der Waals surface area contributed by atoms with Crippen LogP contribution in [0.4, 0.5) is 0 Å². The number of rotatable bonds is 5. The molecule has 0 amide bonds. The van der Waals surface area contributed by atoms with Crippen LogP contribution in [0.2, 0.25) is 0 Å². The fraction of sp³-hybridized carbons (Fsp3) is 0.786. The summed E-state index contributed by atoms with van der Waals surface area (Å²) in [5.74, 6) is 7.33. The molecule has 3 N–H and O–H groups in total. The van der Waals surface area contributed by atoms with Crippen LogP contribution in [0.3, 0.4) is 0 Å². The van der Waals surface area contributed by atoms with Gasteiger partial charge in [-0.25, -0.2) is 0 Å². The first-order chi connectivity index (χ1) is 9.17. The lowest BCUT2D eigenvalue weighted by Crippen LogP contribution is -2.37. The SMILES string of the molecule is CCCn1ncc(Br)c1C(NN)C1CCC(C)CC1. The molecule has 1 aromatic rings. The maximum atomic E-state index is 5.85. The Kier molecular flexibility index (Phi) is 5.42. The summed E-state index contributed by atoms with van der Waals surface area (Å²) in [5.41, 5.74) is 4.25. The van der Waals surface area contributed by atoms with Crippen LogP contribution in [0.15, 0.2) is 10.7 Å². The van der Waals surface area contributed by atoms with E-state index in [-0.39, 0.29) is 6.04 Å². The van der Waals surface area contributed by atoms with Crippen LogP contribution in [0.5, 0.6) is 0 Å². The van der Waals surface area contributed by atoms with Gasteiger partial charge in [0.05, 0.1) is 22.4 Å². The summed E-state index contributed by atoms with van der Waals surface area (Å²) in [5, 5.41) is 4.46. The van der Waals surface area contributed by atoms with E-state index in [1.807, 2.05) is 6.20 Å². The van der Waals surface area contributed by atoms with Crippen molar-refractivity contribution in [3.05, 3.63) is 16.4 Å². The summed E-state index contributed by atoms with van der Waals surface area (Å²) in [7, 11) is 0. The third kappa shape index (κ3) is 3.38. The van der Waals surface area contributed by atoms with Crippen molar-refractivity contribution in [1.29, 1.82) is 0 Å². The molecule has 1 heterocycles. The minimum absolute atomic E-state index is 0.205. The Labute approximate surface area is 124 Å². The second-order valence-electron chi connectivity index (χ2n) is 5.77. The fourth-order valence-electron chi connectivity index (χ4n) is 3.13. The number of halogens is 1. The third-order valence-electron chi connectivity index (χ3n) is 4.27. The van der Waals surface area contributed by atoms with Gasteiger partial charge in [0.2, 0.25) is 0 Å². The van der Waals surface area contributed by atoms with Gasteiger partial charge in [0.1, 0.15) is 0 Å². The third-order valence-corrected chi connectivity index (χ3v) is 4.89. The van der Waals surface area contributed by atoms with E-state index in [0.29, 0.717) is 5.92 Å².